The van der Waals surface area contributed by atoms with E-state index in [0.717, 1.165) is 17.1 Å². The van der Waals surface area contributed by atoms with E-state index in [1.165, 1.54) is 98.7 Å². The smallest absolute Gasteiger partial charge is 0.0714 e. The van der Waals surface area contributed by atoms with Gasteiger partial charge in [-0.1, -0.05) is 224 Å². The lowest BCUT2D eigenvalue weighted by Crippen LogP contribution is -2.28. The Morgan fingerprint density at radius 2 is 0.712 bits per heavy atom. The lowest BCUT2D eigenvalue weighted by molar-refractivity contribution is 0.768. The van der Waals surface area contributed by atoms with E-state index in [0.29, 0.717) is 0 Å². The van der Waals surface area contributed by atoms with E-state index in [1.807, 2.05) is 0 Å². The number of benzene rings is 12. The predicted octanol–water partition coefficient (Wildman–Crippen LogP) is 17.5. The van der Waals surface area contributed by atoms with Crippen LogP contribution in [0.1, 0.15) is 22.3 Å². The Kier molecular flexibility index (Phi) is 8.82. The average Bonchev–Trinajstić information content (AvgIpc) is 3.69. The molecule has 1 aliphatic carbocycles. The van der Waals surface area contributed by atoms with Gasteiger partial charge in [-0.15, -0.1) is 0 Å². The van der Waals surface area contributed by atoms with Gasteiger partial charge in [0.25, 0.3) is 0 Å². The molecule has 0 saturated carbocycles. The summed E-state index contributed by atoms with van der Waals surface area (Å²) in [4.78, 5) is 2.49. The second-order valence-corrected chi connectivity index (χ2v) is 17.5. The summed E-state index contributed by atoms with van der Waals surface area (Å²) >= 11 is 0. The Morgan fingerprint density at radius 1 is 0.258 bits per heavy atom. The SMILES string of the molecule is c1ccc(-c2c(-c3ccccc3)c3cc(N(c4ccc5c(c4)C(c4ccccc4)(c4ccccc4)c4ccccc4-5)c4ccc5c(ccc6ccccc65)c4)ccc3c3ccccc23)cc1. The molecular weight excluding hydrogens is 795 g/mol. The van der Waals surface area contributed by atoms with Crippen molar-refractivity contribution in [1.82, 2.24) is 0 Å². The lowest BCUT2D eigenvalue weighted by Gasteiger charge is -2.35. The topological polar surface area (TPSA) is 3.24 Å². The van der Waals surface area contributed by atoms with Gasteiger partial charge in [0.2, 0.25) is 0 Å². The minimum Gasteiger partial charge on any atom is -0.310 e. The molecule has 0 bridgehead atoms. The first-order valence-corrected chi connectivity index (χ1v) is 22.9. The molecule has 0 amide bonds. The number of nitrogens with zero attached hydrogens (tertiary/aromatic N) is 1. The lowest BCUT2D eigenvalue weighted by atomic mass is 9.67. The normalized spacial score (nSPS) is 12.7. The van der Waals surface area contributed by atoms with Crippen LogP contribution in [0.15, 0.2) is 261 Å². The van der Waals surface area contributed by atoms with Crippen LogP contribution in [0.2, 0.25) is 0 Å². The monoisotopic (exact) mass is 837 g/mol. The van der Waals surface area contributed by atoms with E-state index in [2.05, 4.69) is 266 Å². The highest BCUT2D eigenvalue weighted by atomic mass is 15.1. The van der Waals surface area contributed by atoms with Crippen LogP contribution in [0.4, 0.5) is 17.1 Å². The Balaban J connectivity index is 1.12. The summed E-state index contributed by atoms with van der Waals surface area (Å²) in [5.74, 6) is 0. The van der Waals surface area contributed by atoms with Gasteiger partial charge in [0, 0.05) is 17.1 Å². The predicted molar refractivity (Wildman–Crippen MR) is 279 cm³/mol. The average molecular weight is 838 g/mol. The summed E-state index contributed by atoms with van der Waals surface area (Å²) in [5, 5.41) is 9.89. The molecule has 66 heavy (non-hydrogen) atoms. The van der Waals surface area contributed by atoms with E-state index in [1.54, 1.807) is 0 Å². The Labute approximate surface area is 385 Å². The molecule has 0 aliphatic heterocycles. The van der Waals surface area contributed by atoms with Crippen LogP contribution in [0.25, 0.3) is 76.5 Å². The summed E-state index contributed by atoms with van der Waals surface area (Å²) in [6, 6.07) is 96.6. The van der Waals surface area contributed by atoms with Gasteiger partial charge in [0.05, 0.1) is 5.41 Å². The molecule has 0 spiro atoms. The van der Waals surface area contributed by atoms with Crippen LogP contribution in [-0.4, -0.2) is 0 Å². The molecule has 12 aromatic carbocycles. The summed E-state index contributed by atoms with van der Waals surface area (Å²) in [7, 11) is 0. The standard InChI is InChI=1S/C65H43N/c1-5-20-45(21-6-1)63-59-31-16-15-29-55(59)56-39-36-51(42-60(56)64(63)46-22-7-2-8-23-46)66(50-35-38-54-47(41-50)34-33-44-19-13-14-28-53(44)54)52-37-40-58-57-30-17-18-32-61(57)65(62(58)43-52,48-24-9-3-10-25-48)49-26-11-4-12-27-49/h1-43H. The van der Waals surface area contributed by atoms with Crippen LogP contribution in [-0.2, 0) is 5.41 Å². The zero-order valence-corrected chi connectivity index (χ0v) is 36.3. The quantitative estimate of drug-likeness (QED) is 0.145. The van der Waals surface area contributed by atoms with Gasteiger partial charge in [-0.2, -0.15) is 0 Å². The highest BCUT2D eigenvalue weighted by Gasteiger charge is 2.46. The second kappa shape index (κ2) is 15.3. The van der Waals surface area contributed by atoms with Crippen LogP contribution in [0.3, 0.4) is 0 Å². The molecule has 1 aliphatic rings. The van der Waals surface area contributed by atoms with Gasteiger partial charge >= 0.3 is 0 Å². The molecule has 308 valence electrons. The molecule has 0 saturated heterocycles. The zero-order chi connectivity index (χ0) is 43.6. The van der Waals surface area contributed by atoms with Crippen molar-refractivity contribution in [2.45, 2.75) is 5.41 Å². The first kappa shape index (κ1) is 38.0. The van der Waals surface area contributed by atoms with E-state index < -0.39 is 5.41 Å². The van der Waals surface area contributed by atoms with Crippen molar-refractivity contribution in [3.8, 4) is 33.4 Å². The third-order valence-electron chi connectivity index (χ3n) is 14.1. The highest BCUT2D eigenvalue weighted by molar-refractivity contribution is 6.22. The van der Waals surface area contributed by atoms with Crippen LogP contribution in [0.5, 0.6) is 0 Å². The van der Waals surface area contributed by atoms with Gasteiger partial charge in [-0.3, -0.25) is 0 Å². The first-order chi connectivity index (χ1) is 32.8. The Bertz CT molecular complexity index is 3760. The van der Waals surface area contributed by atoms with Crippen molar-refractivity contribution >= 4 is 60.2 Å². The summed E-state index contributed by atoms with van der Waals surface area (Å²) < 4.78 is 0. The molecule has 1 nitrogen and oxygen atoms in total. The van der Waals surface area contributed by atoms with Gasteiger partial charge in [-0.05, 0) is 135 Å². The third-order valence-corrected chi connectivity index (χ3v) is 14.1. The number of hydrogen-bond donors (Lipinski definition) is 0. The minimum absolute atomic E-state index is 0.536. The second-order valence-electron chi connectivity index (χ2n) is 17.5. The first-order valence-electron chi connectivity index (χ1n) is 22.9. The van der Waals surface area contributed by atoms with Gasteiger partial charge in [-0.25, -0.2) is 0 Å². The largest absolute Gasteiger partial charge is 0.310 e. The van der Waals surface area contributed by atoms with Gasteiger partial charge < -0.3 is 4.90 Å². The molecule has 0 fully saturated rings. The fraction of sp³-hybridized carbons (Fsp3) is 0.0154. The fourth-order valence-electron chi connectivity index (χ4n) is 11.3. The van der Waals surface area contributed by atoms with Crippen molar-refractivity contribution in [2.75, 3.05) is 4.90 Å². The van der Waals surface area contributed by atoms with Crippen molar-refractivity contribution < 1.29 is 0 Å². The number of hydrogen-bond acceptors (Lipinski definition) is 1. The maximum Gasteiger partial charge on any atom is 0.0714 e. The van der Waals surface area contributed by atoms with Gasteiger partial charge in [0.15, 0.2) is 0 Å². The molecule has 0 aromatic heterocycles. The summed E-state index contributed by atoms with van der Waals surface area (Å²) in [6.45, 7) is 0. The molecule has 13 rings (SSSR count). The highest BCUT2D eigenvalue weighted by Crippen LogP contribution is 2.57. The van der Waals surface area contributed by atoms with Crippen LogP contribution < -0.4 is 4.90 Å². The van der Waals surface area contributed by atoms with E-state index in [-0.39, 0.29) is 0 Å². The molecule has 0 unspecified atom stereocenters. The van der Waals surface area contributed by atoms with E-state index in [4.69, 9.17) is 0 Å². The Hall–Kier alpha value is -8.52. The summed E-state index contributed by atoms with van der Waals surface area (Å²) in [6.07, 6.45) is 0. The van der Waals surface area contributed by atoms with Crippen molar-refractivity contribution in [2.24, 2.45) is 0 Å². The van der Waals surface area contributed by atoms with Gasteiger partial charge in [0.1, 0.15) is 0 Å². The molecule has 0 atom stereocenters. The third kappa shape index (κ3) is 5.80. The maximum absolute atomic E-state index is 2.49. The van der Waals surface area contributed by atoms with Crippen molar-refractivity contribution in [1.29, 1.82) is 0 Å². The van der Waals surface area contributed by atoms with Crippen LogP contribution in [0, 0.1) is 0 Å². The fourth-order valence-corrected chi connectivity index (χ4v) is 11.3. The molecule has 1 heteroatoms. The number of fused-ring (bicyclic) bond motifs is 9. The Morgan fingerprint density at radius 3 is 1.41 bits per heavy atom. The molecule has 12 aromatic rings. The molecular formula is C65H43N. The van der Waals surface area contributed by atoms with Crippen molar-refractivity contribution in [3.63, 3.8) is 0 Å². The van der Waals surface area contributed by atoms with E-state index >= 15 is 0 Å². The molecule has 0 heterocycles. The molecule has 0 radical (unpaired) electrons. The van der Waals surface area contributed by atoms with E-state index in [9.17, 15) is 0 Å². The zero-order valence-electron chi connectivity index (χ0n) is 36.3. The number of rotatable bonds is 7. The van der Waals surface area contributed by atoms with Crippen LogP contribution >= 0.6 is 0 Å². The molecule has 0 N–H and O–H groups in total. The summed E-state index contributed by atoms with van der Waals surface area (Å²) in [5.41, 5.74) is 15.3. The van der Waals surface area contributed by atoms with Crippen molar-refractivity contribution in [3.05, 3.63) is 283 Å². The number of anilines is 3. The minimum atomic E-state index is -0.536. The maximum atomic E-state index is 2.49.